The second kappa shape index (κ2) is 5.03. The van der Waals surface area contributed by atoms with Gasteiger partial charge in [-0.15, -0.1) is 0 Å². The molecule has 7 heteroatoms. The molecule has 0 radical (unpaired) electrons. The maximum Gasteiger partial charge on any atom is 0.417 e. The number of aromatic nitrogens is 1. The van der Waals surface area contributed by atoms with Crippen molar-refractivity contribution in [3.63, 3.8) is 0 Å². The zero-order valence-corrected chi connectivity index (χ0v) is 9.38. The number of H-pyrrole nitrogens is 1. The van der Waals surface area contributed by atoms with Crippen molar-refractivity contribution in [1.29, 1.82) is 0 Å². The average molecular weight is 252 g/mol. The molecule has 1 atom stereocenters. The van der Waals surface area contributed by atoms with E-state index in [-0.39, 0.29) is 6.61 Å². The number of ether oxygens (including phenoxy) is 1. The Morgan fingerprint density at radius 2 is 2.33 bits per heavy atom. The Hall–Kier alpha value is -2.12. The summed E-state index contributed by atoms with van der Waals surface area (Å²) in [5.74, 6) is -1.58. The SMILES string of the molecule is NC(COCC(=O)O)c1ccc2[nH]c(=O)oc2c1. The number of aromatic amines is 1. The van der Waals surface area contributed by atoms with Crippen LogP contribution < -0.4 is 11.5 Å². The Balaban J connectivity index is 2.09. The van der Waals surface area contributed by atoms with Gasteiger partial charge in [0.05, 0.1) is 18.2 Å². The number of fused-ring (bicyclic) bond motifs is 1. The number of carboxylic acid groups (broad SMARTS) is 1. The number of hydrogen-bond acceptors (Lipinski definition) is 5. The van der Waals surface area contributed by atoms with E-state index < -0.39 is 24.4 Å². The molecule has 0 aliphatic rings. The highest BCUT2D eigenvalue weighted by atomic mass is 16.5. The summed E-state index contributed by atoms with van der Waals surface area (Å²) in [6.07, 6.45) is 0. The van der Waals surface area contributed by atoms with Crippen LogP contribution in [-0.4, -0.2) is 29.3 Å². The minimum atomic E-state index is -1.05. The van der Waals surface area contributed by atoms with E-state index in [1.54, 1.807) is 18.2 Å². The Labute approximate surface area is 101 Å². The highest BCUT2D eigenvalue weighted by molar-refractivity contribution is 5.72. The van der Waals surface area contributed by atoms with Crippen LogP contribution in [-0.2, 0) is 9.53 Å². The van der Waals surface area contributed by atoms with Crippen LogP contribution in [0.3, 0.4) is 0 Å². The molecule has 0 spiro atoms. The molecule has 0 bridgehead atoms. The first-order valence-corrected chi connectivity index (χ1v) is 5.24. The Kier molecular flexibility index (Phi) is 3.45. The van der Waals surface area contributed by atoms with Gasteiger partial charge in [0.15, 0.2) is 5.58 Å². The van der Waals surface area contributed by atoms with Gasteiger partial charge >= 0.3 is 11.7 Å². The fourth-order valence-electron chi connectivity index (χ4n) is 1.56. The molecule has 0 aliphatic carbocycles. The van der Waals surface area contributed by atoms with Crippen LogP contribution in [0, 0.1) is 0 Å². The van der Waals surface area contributed by atoms with Crippen molar-refractivity contribution in [1.82, 2.24) is 4.98 Å². The van der Waals surface area contributed by atoms with Crippen LogP contribution in [0.4, 0.5) is 0 Å². The summed E-state index contributed by atoms with van der Waals surface area (Å²) in [5, 5.41) is 8.42. The molecule has 4 N–H and O–H groups in total. The van der Waals surface area contributed by atoms with Crippen molar-refractivity contribution >= 4 is 17.1 Å². The van der Waals surface area contributed by atoms with Gasteiger partial charge in [0.2, 0.25) is 0 Å². The van der Waals surface area contributed by atoms with Crippen molar-refractivity contribution in [2.24, 2.45) is 5.73 Å². The number of benzene rings is 1. The fourth-order valence-corrected chi connectivity index (χ4v) is 1.56. The molecular weight excluding hydrogens is 240 g/mol. The Morgan fingerprint density at radius 1 is 1.56 bits per heavy atom. The second-order valence-electron chi connectivity index (χ2n) is 3.79. The van der Waals surface area contributed by atoms with Crippen molar-refractivity contribution in [2.45, 2.75) is 6.04 Å². The van der Waals surface area contributed by atoms with Crippen molar-refractivity contribution in [2.75, 3.05) is 13.2 Å². The van der Waals surface area contributed by atoms with Crippen molar-refractivity contribution < 1.29 is 19.1 Å². The molecule has 18 heavy (non-hydrogen) atoms. The molecular formula is C11H12N2O5. The lowest BCUT2D eigenvalue weighted by Crippen LogP contribution is -2.19. The second-order valence-corrected chi connectivity index (χ2v) is 3.79. The third-order valence-corrected chi connectivity index (χ3v) is 2.40. The quantitative estimate of drug-likeness (QED) is 0.700. The molecule has 1 unspecified atom stereocenters. The highest BCUT2D eigenvalue weighted by Crippen LogP contribution is 2.17. The van der Waals surface area contributed by atoms with Crippen LogP contribution in [0.15, 0.2) is 27.4 Å². The number of carbonyl (C=O) groups is 1. The summed E-state index contributed by atoms with van der Waals surface area (Å²) in [4.78, 5) is 23.8. The van der Waals surface area contributed by atoms with Crippen LogP contribution in [0.2, 0.25) is 0 Å². The van der Waals surface area contributed by atoms with E-state index in [9.17, 15) is 9.59 Å². The topological polar surface area (TPSA) is 119 Å². The van der Waals surface area contributed by atoms with E-state index in [0.717, 1.165) is 0 Å². The van der Waals surface area contributed by atoms with E-state index in [0.29, 0.717) is 16.7 Å². The summed E-state index contributed by atoms with van der Waals surface area (Å²) >= 11 is 0. The molecule has 0 fully saturated rings. The molecule has 2 rings (SSSR count). The van der Waals surface area contributed by atoms with Gasteiger partial charge in [-0.25, -0.2) is 9.59 Å². The molecule has 1 aromatic carbocycles. The normalized spacial score (nSPS) is 12.7. The first-order valence-electron chi connectivity index (χ1n) is 5.24. The predicted molar refractivity (Wildman–Crippen MR) is 62.2 cm³/mol. The number of oxazole rings is 1. The van der Waals surface area contributed by atoms with Crippen molar-refractivity contribution in [3.05, 3.63) is 34.3 Å². The number of aliphatic carboxylic acids is 1. The lowest BCUT2D eigenvalue weighted by molar-refractivity contribution is -0.142. The minimum Gasteiger partial charge on any atom is -0.480 e. The molecule has 1 heterocycles. The van der Waals surface area contributed by atoms with Gasteiger partial charge in [0.25, 0.3) is 0 Å². The number of carboxylic acids is 1. The van der Waals surface area contributed by atoms with Gasteiger partial charge in [0, 0.05) is 0 Å². The Bertz CT molecular complexity index is 615. The van der Waals surface area contributed by atoms with Gasteiger partial charge in [0.1, 0.15) is 6.61 Å². The lowest BCUT2D eigenvalue weighted by atomic mass is 10.1. The first kappa shape index (κ1) is 12.3. The fraction of sp³-hybridized carbons (Fsp3) is 0.273. The molecule has 96 valence electrons. The van der Waals surface area contributed by atoms with Crippen LogP contribution >= 0.6 is 0 Å². The molecule has 7 nitrogen and oxygen atoms in total. The summed E-state index contributed by atoms with van der Waals surface area (Å²) in [6.45, 7) is -0.318. The van der Waals surface area contributed by atoms with E-state index >= 15 is 0 Å². The van der Waals surface area contributed by atoms with E-state index in [2.05, 4.69) is 4.98 Å². The third kappa shape index (κ3) is 2.76. The Morgan fingerprint density at radius 3 is 3.06 bits per heavy atom. The number of nitrogens with two attached hydrogens (primary N) is 1. The van der Waals surface area contributed by atoms with E-state index in [1.807, 2.05) is 0 Å². The summed E-state index contributed by atoms with van der Waals surface area (Å²) in [5.41, 5.74) is 7.53. The maximum atomic E-state index is 11.0. The van der Waals surface area contributed by atoms with Crippen LogP contribution in [0.1, 0.15) is 11.6 Å². The minimum absolute atomic E-state index is 0.0759. The molecule has 0 aliphatic heterocycles. The molecule has 2 aromatic rings. The molecule has 0 amide bonds. The largest absolute Gasteiger partial charge is 0.480 e. The van der Waals surface area contributed by atoms with E-state index in [1.165, 1.54) is 0 Å². The van der Waals surface area contributed by atoms with Gasteiger partial charge in [-0.05, 0) is 17.7 Å². The monoisotopic (exact) mass is 252 g/mol. The maximum absolute atomic E-state index is 11.0. The highest BCUT2D eigenvalue weighted by Gasteiger charge is 2.10. The van der Waals surface area contributed by atoms with Gasteiger partial charge in [-0.3, -0.25) is 4.98 Å². The first-order chi connectivity index (χ1) is 8.56. The third-order valence-electron chi connectivity index (χ3n) is 2.40. The smallest absolute Gasteiger partial charge is 0.417 e. The summed E-state index contributed by atoms with van der Waals surface area (Å²) in [6, 6.07) is 4.55. The molecule has 0 saturated carbocycles. The lowest BCUT2D eigenvalue weighted by Gasteiger charge is -2.11. The summed E-state index contributed by atoms with van der Waals surface area (Å²) in [7, 11) is 0. The zero-order chi connectivity index (χ0) is 13.1. The molecule has 0 saturated heterocycles. The van der Waals surface area contributed by atoms with Crippen molar-refractivity contribution in [3.8, 4) is 0 Å². The van der Waals surface area contributed by atoms with Gasteiger partial charge in [-0.2, -0.15) is 0 Å². The predicted octanol–water partition coefficient (Wildman–Crippen LogP) is 0.222. The van der Waals surface area contributed by atoms with Gasteiger partial charge < -0.3 is 20.0 Å². The number of hydrogen-bond donors (Lipinski definition) is 3. The zero-order valence-electron chi connectivity index (χ0n) is 9.38. The van der Waals surface area contributed by atoms with E-state index in [4.69, 9.17) is 20.0 Å². The molecule has 1 aromatic heterocycles. The standard InChI is InChI=1S/C11H12N2O5/c12-7(4-17-5-10(14)15)6-1-2-8-9(3-6)18-11(16)13-8/h1-3,7H,4-5,12H2,(H,13,16)(H,14,15). The summed E-state index contributed by atoms with van der Waals surface area (Å²) < 4.78 is 9.80. The van der Waals surface area contributed by atoms with Crippen LogP contribution in [0.5, 0.6) is 0 Å². The number of rotatable bonds is 5. The van der Waals surface area contributed by atoms with Gasteiger partial charge in [-0.1, -0.05) is 6.07 Å². The average Bonchev–Trinajstić information content (AvgIpc) is 2.67. The van der Waals surface area contributed by atoms with Crippen LogP contribution in [0.25, 0.3) is 11.1 Å². The number of nitrogens with one attached hydrogen (secondary N) is 1.